The quantitative estimate of drug-likeness (QED) is 0.674. The molecule has 142 valence electrons. The standard InChI is InChI=1S/C19H22N4O3S/c1-14(2)26-19-7-6-18(9-15(19)3)27(24,25)22-17-11-21-23(13-17)12-16-5-4-8-20-10-16/h4-11,13-14,22H,12H2,1-3H3. The summed E-state index contributed by atoms with van der Waals surface area (Å²) in [6, 6.07) is 8.59. The van der Waals surface area contributed by atoms with Crippen molar-refractivity contribution in [3.63, 3.8) is 0 Å². The third kappa shape index (κ3) is 4.85. The van der Waals surface area contributed by atoms with Gasteiger partial charge in [0.25, 0.3) is 10.0 Å². The summed E-state index contributed by atoms with van der Waals surface area (Å²) in [5.74, 6) is 0.674. The number of aryl methyl sites for hydroxylation is 1. The third-order valence-electron chi connectivity index (χ3n) is 3.77. The minimum atomic E-state index is -3.71. The number of nitrogens with zero attached hydrogens (tertiary/aromatic N) is 3. The van der Waals surface area contributed by atoms with Crippen LogP contribution in [-0.4, -0.2) is 29.3 Å². The van der Waals surface area contributed by atoms with Crippen molar-refractivity contribution in [2.24, 2.45) is 0 Å². The van der Waals surface area contributed by atoms with E-state index in [1.165, 1.54) is 12.3 Å². The number of hydrogen-bond acceptors (Lipinski definition) is 5. The van der Waals surface area contributed by atoms with Gasteiger partial charge in [-0.1, -0.05) is 6.07 Å². The molecule has 7 nitrogen and oxygen atoms in total. The Labute approximate surface area is 159 Å². The van der Waals surface area contributed by atoms with Crippen LogP contribution in [0.3, 0.4) is 0 Å². The highest BCUT2D eigenvalue weighted by molar-refractivity contribution is 7.92. The van der Waals surface area contributed by atoms with E-state index in [0.717, 1.165) is 11.1 Å². The van der Waals surface area contributed by atoms with Gasteiger partial charge in [-0.25, -0.2) is 8.42 Å². The van der Waals surface area contributed by atoms with Crippen molar-refractivity contribution in [1.82, 2.24) is 14.8 Å². The maximum Gasteiger partial charge on any atom is 0.262 e. The maximum absolute atomic E-state index is 12.7. The molecular formula is C19H22N4O3S. The van der Waals surface area contributed by atoms with Gasteiger partial charge in [0.05, 0.1) is 29.4 Å². The summed E-state index contributed by atoms with van der Waals surface area (Å²) in [5.41, 5.74) is 2.14. The van der Waals surface area contributed by atoms with Gasteiger partial charge in [-0.15, -0.1) is 0 Å². The fourth-order valence-electron chi connectivity index (χ4n) is 2.57. The van der Waals surface area contributed by atoms with Gasteiger partial charge in [0.1, 0.15) is 5.75 Å². The lowest BCUT2D eigenvalue weighted by molar-refractivity contribution is 0.240. The van der Waals surface area contributed by atoms with Crippen molar-refractivity contribution in [3.8, 4) is 5.75 Å². The molecule has 0 amide bonds. The molecule has 0 saturated heterocycles. The van der Waals surface area contributed by atoms with Crippen LogP contribution >= 0.6 is 0 Å². The summed E-state index contributed by atoms with van der Waals surface area (Å²) >= 11 is 0. The molecule has 27 heavy (non-hydrogen) atoms. The van der Waals surface area contributed by atoms with Crippen molar-refractivity contribution < 1.29 is 13.2 Å². The predicted molar refractivity (Wildman–Crippen MR) is 103 cm³/mol. The Bertz CT molecular complexity index is 1010. The number of nitrogens with one attached hydrogen (secondary N) is 1. The van der Waals surface area contributed by atoms with E-state index >= 15 is 0 Å². The average molecular weight is 386 g/mol. The molecule has 3 aromatic rings. The Kier molecular flexibility index (Phi) is 5.46. The van der Waals surface area contributed by atoms with Crippen molar-refractivity contribution >= 4 is 15.7 Å². The second kappa shape index (κ2) is 7.79. The van der Waals surface area contributed by atoms with Crippen LogP contribution in [0.1, 0.15) is 25.0 Å². The number of benzene rings is 1. The molecule has 8 heteroatoms. The van der Waals surface area contributed by atoms with Gasteiger partial charge >= 0.3 is 0 Å². The SMILES string of the molecule is Cc1cc(S(=O)(=O)Nc2cnn(Cc3cccnc3)c2)ccc1OC(C)C. The van der Waals surface area contributed by atoms with Crippen LogP contribution in [0.4, 0.5) is 5.69 Å². The molecular weight excluding hydrogens is 364 g/mol. The molecule has 3 rings (SSSR count). The molecule has 0 bridgehead atoms. The summed E-state index contributed by atoms with van der Waals surface area (Å²) in [6.07, 6.45) is 6.60. The first kappa shape index (κ1) is 18.9. The van der Waals surface area contributed by atoms with Crippen LogP contribution in [0.15, 0.2) is 60.0 Å². The van der Waals surface area contributed by atoms with Crippen molar-refractivity contribution in [2.45, 2.75) is 38.3 Å². The molecule has 0 unspecified atom stereocenters. The van der Waals surface area contributed by atoms with Gasteiger partial charge in [-0.2, -0.15) is 5.10 Å². The normalized spacial score (nSPS) is 11.6. The van der Waals surface area contributed by atoms with Crippen LogP contribution in [0, 0.1) is 6.92 Å². The van der Waals surface area contributed by atoms with Gasteiger partial charge in [-0.05, 0) is 56.2 Å². The zero-order chi connectivity index (χ0) is 19.4. The van der Waals surface area contributed by atoms with Gasteiger partial charge in [0.2, 0.25) is 0 Å². The number of pyridine rings is 1. The van der Waals surface area contributed by atoms with Gasteiger partial charge in [0, 0.05) is 18.6 Å². The summed E-state index contributed by atoms with van der Waals surface area (Å²) in [5, 5.41) is 4.20. The average Bonchev–Trinajstić information content (AvgIpc) is 3.03. The zero-order valence-corrected chi connectivity index (χ0v) is 16.3. The summed E-state index contributed by atoms with van der Waals surface area (Å²) in [7, 11) is -3.71. The van der Waals surface area contributed by atoms with Crippen LogP contribution in [0.25, 0.3) is 0 Å². The Morgan fingerprint density at radius 2 is 2.04 bits per heavy atom. The zero-order valence-electron chi connectivity index (χ0n) is 15.5. The van der Waals surface area contributed by atoms with E-state index in [9.17, 15) is 8.42 Å². The van der Waals surface area contributed by atoms with E-state index in [-0.39, 0.29) is 11.0 Å². The van der Waals surface area contributed by atoms with Crippen LogP contribution in [0.2, 0.25) is 0 Å². The van der Waals surface area contributed by atoms with Crippen molar-refractivity contribution in [3.05, 3.63) is 66.2 Å². The summed E-state index contributed by atoms with van der Waals surface area (Å²) < 4.78 is 35.2. The number of aromatic nitrogens is 3. The fraction of sp³-hybridized carbons (Fsp3) is 0.263. The van der Waals surface area contributed by atoms with E-state index in [1.54, 1.807) is 35.4 Å². The minimum Gasteiger partial charge on any atom is -0.491 e. The highest BCUT2D eigenvalue weighted by atomic mass is 32.2. The molecule has 0 fully saturated rings. The number of sulfonamides is 1. The Balaban J connectivity index is 1.74. The topological polar surface area (TPSA) is 86.1 Å². The predicted octanol–water partition coefficient (Wildman–Crippen LogP) is 3.22. The van der Waals surface area contributed by atoms with Crippen LogP contribution in [-0.2, 0) is 16.6 Å². The lowest BCUT2D eigenvalue weighted by Crippen LogP contribution is -2.13. The smallest absolute Gasteiger partial charge is 0.262 e. The van der Waals surface area contributed by atoms with E-state index in [1.807, 2.05) is 32.9 Å². The Hall–Kier alpha value is -2.87. The molecule has 0 aliphatic carbocycles. The molecule has 2 aromatic heterocycles. The van der Waals surface area contributed by atoms with Gasteiger partial charge in [-0.3, -0.25) is 14.4 Å². The second-order valence-electron chi connectivity index (χ2n) is 6.49. The molecule has 1 N–H and O–H groups in total. The maximum atomic E-state index is 12.7. The highest BCUT2D eigenvalue weighted by Gasteiger charge is 2.17. The number of ether oxygens (including phenoxy) is 1. The third-order valence-corrected chi connectivity index (χ3v) is 5.15. The first-order valence-electron chi connectivity index (χ1n) is 8.55. The van der Waals surface area contributed by atoms with Crippen LogP contribution in [0.5, 0.6) is 5.75 Å². The summed E-state index contributed by atoms with van der Waals surface area (Å²) in [6.45, 7) is 6.18. The molecule has 0 aliphatic heterocycles. The molecule has 0 radical (unpaired) electrons. The first-order chi connectivity index (χ1) is 12.8. The molecule has 0 saturated carbocycles. The fourth-order valence-corrected chi connectivity index (χ4v) is 3.68. The first-order valence-corrected chi connectivity index (χ1v) is 10.0. The molecule has 1 aromatic carbocycles. The van der Waals surface area contributed by atoms with Gasteiger partial charge < -0.3 is 4.74 Å². The largest absolute Gasteiger partial charge is 0.491 e. The van der Waals surface area contributed by atoms with Gasteiger partial charge in [0.15, 0.2) is 0 Å². The molecule has 2 heterocycles. The second-order valence-corrected chi connectivity index (χ2v) is 8.17. The van der Waals surface area contributed by atoms with E-state index in [2.05, 4.69) is 14.8 Å². The van der Waals surface area contributed by atoms with Crippen molar-refractivity contribution in [1.29, 1.82) is 0 Å². The van der Waals surface area contributed by atoms with E-state index in [0.29, 0.717) is 18.0 Å². The van der Waals surface area contributed by atoms with Crippen molar-refractivity contribution in [2.75, 3.05) is 4.72 Å². The monoisotopic (exact) mass is 386 g/mol. The number of hydrogen-bond donors (Lipinski definition) is 1. The number of rotatable bonds is 7. The lowest BCUT2D eigenvalue weighted by Gasteiger charge is -2.13. The summed E-state index contributed by atoms with van der Waals surface area (Å²) in [4.78, 5) is 4.23. The van der Waals surface area contributed by atoms with E-state index < -0.39 is 10.0 Å². The van der Waals surface area contributed by atoms with E-state index in [4.69, 9.17) is 4.74 Å². The molecule has 0 spiro atoms. The Morgan fingerprint density at radius 1 is 1.22 bits per heavy atom. The van der Waals surface area contributed by atoms with Crippen LogP contribution < -0.4 is 9.46 Å². The Morgan fingerprint density at radius 3 is 2.70 bits per heavy atom. The molecule has 0 aliphatic rings. The lowest BCUT2D eigenvalue weighted by atomic mass is 10.2. The number of anilines is 1. The minimum absolute atomic E-state index is 0.0231. The molecule has 0 atom stereocenters. The highest BCUT2D eigenvalue weighted by Crippen LogP contribution is 2.24.